The van der Waals surface area contributed by atoms with Crippen LogP contribution in [0.4, 0.5) is 5.82 Å². The highest BCUT2D eigenvalue weighted by atomic mass is 35.5. The lowest BCUT2D eigenvalue weighted by atomic mass is 10.1. The molecule has 4 heteroatoms. The number of halogens is 1. The predicted molar refractivity (Wildman–Crippen MR) is 85.2 cm³/mol. The largest absolute Gasteiger partial charge is 0.359 e. The lowest BCUT2D eigenvalue weighted by molar-refractivity contribution is 0.557. The third-order valence-corrected chi connectivity index (χ3v) is 3.58. The highest BCUT2D eigenvalue weighted by Gasteiger charge is 2.11. The van der Waals surface area contributed by atoms with Crippen LogP contribution in [-0.4, -0.2) is 23.6 Å². The number of anilines is 1. The quantitative estimate of drug-likeness (QED) is 0.769. The van der Waals surface area contributed by atoms with Gasteiger partial charge in [-0.3, -0.25) is 0 Å². The summed E-state index contributed by atoms with van der Waals surface area (Å²) in [5, 5.41) is 0.477. The van der Waals surface area contributed by atoms with Crippen molar-refractivity contribution in [3.8, 4) is 11.4 Å². The normalized spacial score (nSPS) is 12.2. The Bertz CT molecular complexity index is 557. The van der Waals surface area contributed by atoms with Gasteiger partial charge in [-0.25, -0.2) is 9.97 Å². The molecule has 1 aromatic carbocycles. The highest BCUT2D eigenvalue weighted by molar-refractivity contribution is 6.29. The Balaban J connectivity index is 2.29. The summed E-state index contributed by atoms with van der Waals surface area (Å²) in [6.07, 6.45) is 1.15. The molecule has 1 atom stereocenters. The number of benzene rings is 1. The fourth-order valence-corrected chi connectivity index (χ4v) is 2.19. The zero-order valence-corrected chi connectivity index (χ0v) is 12.9. The van der Waals surface area contributed by atoms with Crippen LogP contribution >= 0.6 is 11.6 Å². The third-order valence-electron chi connectivity index (χ3n) is 3.39. The van der Waals surface area contributed by atoms with Crippen LogP contribution in [0.5, 0.6) is 0 Å². The summed E-state index contributed by atoms with van der Waals surface area (Å²) < 4.78 is 0. The molecule has 1 unspecified atom stereocenters. The molecule has 0 spiro atoms. The molecule has 0 bridgehead atoms. The van der Waals surface area contributed by atoms with Gasteiger partial charge in [0.25, 0.3) is 0 Å². The van der Waals surface area contributed by atoms with E-state index in [-0.39, 0.29) is 0 Å². The van der Waals surface area contributed by atoms with Crippen LogP contribution < -0.4 is 4.90 Å². The van der Waals surface area contributed by atoms with Crippen molar-refractivity contribution < 1.29 is 0 Å². The lowest BCUT2D eigenvalue weighted by Gasteiger charge is -2.22. The molecule has 106 valence electrons. The molecule has 0 fully saturated rings. The molecule has 2 aromatic rings. The molecule has 0 amide bonds. The van der Waals surface area contributed by atoms with Crippen molar-refractivity contribution in [2.75, 3.05) is 18.5 Å². The number of nitrogens with zero attached hydrogens (tertiary/aromatic N) is 3. The first kappa shape index (κ1) is 14.8. The molecule has 0 aliphatic rings. The summed E-state index contributed by atoms with van der Waals surface area (Å²) >= 11 is 6.14. The van der Waals surface area contributed by atoms with E-state index >= 15 is 0 Å². The molecule has 3 nitrogen and oxygen atoms in total. The van der Waals surface area contributed by atoms with Crippen LogP contribution in [0.15, 0.2) is 36.4 Å². The van der Waals surface area contributed by atoms with Gasteiger partial charge in [-0.1, -0.05) is 62.2 Å². The maximum Gasteiger partial charge on any atom is 0.163 e. The summed E-state index contributed by atoms with van der Waals surface area (Å²) in [5.41, 5.74) is 0.980. The van der Waals surface area contributed by atoms with Crippen molar-refractivity contribution in [1.29, 1.82) is 0 Å². The monoisotopic (exact) mass is 289 g/mol. The topological polar surface area (TPSA) is 29.0 Å². The molecule has 0 radical (unpaired) electrons. The lowest BCUT2D eigenvalue weighted by Crippen LogP contribution is -2.24. The Morgan fingerprint density at radius 3 is 2.55 bits per heavy atom. The van der Waals surface area contributed by atoms with E-state index in [1.165, 1.54) is 0 Å². The number of hydrogen-bond donors (Lipinski definition) is 0. The van der Waals surface area contributed by atoms with Crippen LogP contribution in [-0.2, 0) is 0 Å². The van der Waals surface area contributed by atoms with E-state index in [2.05, 4.69) is 28.7 Å². The molecule has 0 saturated carbocycles. The number of aromatic nitrogens is 2. The third kappa shape index (κ3) is 3.70. The fourth-order valence-electron chi connectivity index (χ4n) is 2.01. The average Bonchev–Trinajstić information content (AvgIpc) is 2.47. The molecule has 2 rings (SSSR count). The summed E-state index contributed by atoms with van der Waals surface area (Å²) in [7, 11) is 2.04. The molecular formula is C16H20ClN3. The second-order valence-electron chi connectivity index (χ2n) is 5.13. The van der Waals surface area contributed by atoms with E-state index in [4.69, 9.17) is 11.6 Å². The van der Waals surface area contributed by atoms with Gasteiger partial charge in [-0.05, 0) is 5.92 Å². The Labute approximate surface area is 125 Å². The average molecular weight is 290 g/mol. The Morgan fingerprint density at radius 2 is 1.90 bits per heavy atom. The van der Waals surface area contributed by atoms with Gasteiger partial charge in [-0.2, -0.15) is 0 Å². The van der Waals surface area contributed by atoms with E-state index in [1.54, 1.807) is 0 Å². The van der Waals surface area contributed by atoms with Crippen LogP contribution in [0.25, 0.3) is 11.4 Å². The standard InChI is InChI=1S/C16H20ClN3/c1-4-12(2)11-20(3)15-10-14(17)18-16(19-15)13-8-6-5-7-9-13/h5-10,12H,4,11H2,1-3H3. The van der Waals surface area contributed by atoms with Crippen LogP contribution in [0.2, 0.25) is 5.15 Å². The summed E-state index contributed by atoms with van der Waals surface area (Å²) in [4.78, 5) is 11.1. The maximum absolute atomic E-state index is 6.14. The summed E-state index contributed by atoms with van der Waals surface area (Å²) in [5.74, 6) is 2.15. The summed E-state index contributed by atoms with van der Waals surface area (Å²) in [6.45, 7) is 5.39. The van der Waals surface area contributed by atoms with Crippen molar-refractivity contribution in [1.82, 2.24) is 9.97 Å². The SMILES string of the molecule is CCC(C)CN(C)c1cc(Cl)nc(-c2ccccc2)n1. The minimum atomic E-state index is 0.477. The minimum absolute atomic E-state index is 0.477. The number of hydrogen-bond acceptors (Lipinski definition) is 3. The van der Waals surface area contributed by atoms with Crippen LogP contribution in [0.3, 0.4) is 0 Å². The zero-order chi connectivity index (χ0) is 14.5. The van der Waals surface area contributed by atoms with Gasteiger partial charge in [0, 0.05) is 25.2 Å². The van der Waals surface area contributed by atoms with Crippen molar-refractivity contribution >= 4 is 17.4 Å². The Kier molecular flexibility index (Phi) is 4.96. The molecule has 0 saturated heterocycles. The fraction of sp³-hybridized carbons (Fsp3) is 0.375. The van der Waals surface area contributed by atoms with E-state index in [9.17, 15) is 0 Å². The smallest absolute Gasteiger partial charge is 0.163 e. The molecule has 1 aromatic heterocycles. The second-order valence-corrected chi connectivity index (χ2v) is 5.52. The predicted octanol–water partition coefficient (Wildman–Crippen LogP) is 4.28. The van der Waals surface area contributed by atoms with Crippen molar-refractivity contribution in [2.24, 2.45) is 5.92 Å². The molecule has 0 aliphatic carbocycles. The van der Waals surface area contributed by atoms with Gasteiger partial charge in [0.2, 0.25) is 0 Å². The van der Waals surface area contributed by atoms with Gasteiger partial charge in [0.15, 0.2) is 5.82 Å². The zero-order valence-electron chi connectivity index (χ0n) is 12.2. The van der Waals surface area contributed by atoms with E-state index in [0.717, 1.165) is 24.3 Å². The Hall–Kier alpha value is -1.61. The van der Waals surface area contributed by atoms with Gasteiger partial charge in [0.1, 0.15) is 11.0 Å². The molecular weight excluding hydrogens is 270 g/mol. The van der Waals surface area contributed by atoms with E-state index in [0.29, 0.717) is 16.9 Å². The first-order valence-corrected chi connectivity index (χ1v) is 7.29. The summed E-state index contributed by atoms with van der Waals surface area (Å²) in [6, 6.07) is 11.7. The molecule has 0 N–H and O–H groups in total. The maximum atomic E-state index is 6.14. The van der Waals surface area contributed by atoms with E-state index in [1.807, 2.05) is 43.4 Å². The van der Waals surface area contributed by atoms with Crippen molar-refractivity contribution in [2.45, 2.75) is 20.3 Å². The van der Waals surface area contributed by atoms with Gasteiger partial charge >= 0.3 is 0 Å². The molecule has 1 heterocycles. The van der Waals surface area contributed by atoms with Crippen molar-refractivity contribution in [3.63, 3.8) is 0 Å². The van der Waals surface area contributed by atoms with Crippen LogP contribution in [0, 0.1) is 5.92 Å². The van der Waals surface area contributed by atoms with Gasteiger partial charge < -0.3 is 4.90 Å². The second kappa shape index (κ2) is 6.71. The van der Waals surface area contributed by atoms with Gasteiger partial charge in [-0.15, -0.1) is 0 Å². The van der Waals surface area contributed by atoms with E-state index < -0.39 is 0 Å². The van der Waals surface area contributed by atoms with Crippen LogP contribution in [0.1, 0.15) is 20.3 Å². The first-order valence-electron chi connectivity index (χ1n) is 6.91. The Morgan fingerprint density at radius 1 is 1.20 bits per heavy atom. The first-order chi connectivity index (χ1) is 9.60. The number of rotatable bonds is 5. The van der Waals surface area contributed by atoms with Gasteiger partial charge in [0.05, 0.1) is 0 Å². The molecule has 0 aliphatic heterocycles. The molecule has 20 heavy (non-hydrogen) atoms. The minimum Gasteiger partial charge on any atom is -0.359 e. The highest BCUT2D eigenvalue weighted by Crippen LogP contribution is 2.22. The van der Waals surface area contributed by atoms with Crippen molar-refractivity contribution in [3.05, 3.63) is 41.6 Å².